The molecule has 0 spiro atoms. The summed E-state index contributed by atoms with van der Waals surface area (Å²) >= 11 is 0. The molecular formula is C17H15FN2O6. The zero-order chi connectivity index (χ0) is 19.1. The molecule has 0 saturated heterocycles. The van der Waals surface area contributed by atoms with E-state index in [1.54, 1.807) is 6.07 Å². The Morgan fingerprint density at radius 2 is 1.96 bits per heavy atom. The Kier molecular flexibility index (Phi) is 6.20. The molecule has 0 aliphatic heterocycles. The quantitative estimate of drug-likeness (QED) is 0.461. The van der Waals surface area contributed by atoms with Crippen LogP contribution >= 0.6 is 0 Å². The van der Waals surface area contributed by atoms with Crippen molar-refractivity contribution in [3.8, 4) is 5.75 Å². The van der Waals surface area contributed by atoms with E-state index in [4.69, 9.17) is 9.47 Å². The number of nitro groups is 1. The van der Waals surface area contributed by atoms with Crippen LogP contribution < -0.4 is 10.1 Å². The molecule has 1 atom stereocenters. The molecule has 0 aliphatic rings. The first kappa shape index (κ1) is 18.8. The Morgan fingerprint density at radius 1 is 1.23 bits per heavy atom. The Morgan fingerprint density at radius 3 is 2.65 bits per heavy atom. The molecule has 0 aromatic heterocycles. The molecule has 8 nitrogen and oxygen atoms in total. The van der Waals surface area contributed by atoms with Gasteiger partial charge in [-0.25, -0.2) is 9.18 Å². The molecule has 0 radical (unpaired) electrons. The van der Waals surface area contributed by atoms with Crippen molar-refractivity contribution in [2.45, 2.75) is 13.0 Å². The van der Waals surface area contributed by atoms with Crippen molar-refractivity contribution in [2.24, 2.45) is 0 Å². The van der Waals surface area contributed by atoms with E-state index >= 15 is 0 Å². The predicted octanol–water partition coefficient (Wildman–Crippen LogP) is 2.68. The molecule has 1 N–H and O–H groups in total. The lowest BCUT2D eigenvalue weighted by Gasteiger charge is -2.14. The van der Waals surface area contributed by atoms with Gasteiger partial charge in [-0.05, 0) is 25.1 Å². The van der Waals surface area contributed by atoms with Crippen LogP contribution in [0.2, 0.25) is 0 Å². The second-order valence-electron chi connectivity index (χ2n) is 5.15. The number of para-hydroxylation sites is 1. The van der Waals surface area contributed by atoms with Gasteiger partial charge in [-0.15, -0.1) is 0 Å². The average Bonchev–Trinajstić information content (AvgIpc) is 2.61. The van der Waals surface area contributed by atoms with Crippen LogP contribution in [0.25, 0.3) is 0 Å². The lowest BCUT2D eigenvalue weighted by Crippen LogP contribution is -2.31. The van der Waals surface area contributed by atoms with Gasteiger partial charge in [-0.1, -0.05) is 18.2 Å². The summed E-state index contributed by atoms with van der Waals surface area (Å²) in [5.41, 5.74) is 0.000408. The number of rotatable bonds is 7. The van der Waals surface area contributed by atoms with Gasteiger partial charge < -0.3 is 14.8 Å². The molecule has 1 unspecified atom stereocenters. The van der Waals surface area contributed by atoms with Gasteiger partial charge in [0.25, 0.3) is 11.6 Å². The average molecular weight is 362 g/mol. The summed E-state index contributed by atoms with van der Waals surface area (Å²) < 4.78 is 23.2. The SMILES string of the molecule is CC(OC(=O)COc1ccccc1F)C(=O)Nc1cccc([N+](=O)[O-])c1. The summed E-state index contributed by atoms with van der Waals surface area (Å²) in [6, 6.07) is 10.9. The summed E-state index contributed by atoms with van der Waals surface area (Å²) in [5.74, 6) is -2.28. The summed E-state index contributed by atoms with van der Waals surface area (Å²) in [6.07, 6.45) is -1.18. The molecule has 2 aromatic carbocycles. The van der Waals surface area contributed by atoms with Crippen LogP contribution in [0.15, 0.2) is 48.5 Å². The zero-order valence-corrected chi connectivity index (χ0v) is 13.7. The van der Waals surface area contributed by atoms with E-state index in [-0.39, 0.29) is 17.1 Å². The number of carbonyl (C=O) groups excluding carboxylic acids is 2. The zero-order valence-electron chi connectivity index (χ0n) is 13.7. The molecule has 1 amide bonds. The third kappa shape index (κ3) is 5.26. The molecule has 2 aromatic rings. The minimum absolute atomic E-state index is 0.113. The number of nitrogens with zero attached hydrogens (tertiary/aromatic N) is 1. The summed E-state index contributed by atoms with van der Waals surface area (Å²) in [7, 11) is 0. The number of halogens is 1. The predicted molar refractivity (Wildman–Crippen MR) is 89.2 cm³/mol. The standard InChI is InChI=1S/C17H15FN2O6/c1-11(17(22)19-12-5-4-6-13(9-12)20(23)24)26-16(21)10-25-15-8-3-2-7-14(15)18/h2-9,11H,10H2,1H3,(H,19,22). The topological polar surface area (TPSA) is 108 Å². The molecule has 0 bridgehead atoms. The molecule has 0 saturated carbocycles. The molecule has 136 valence electrons. The fourth-order valence-corrected chi connectivity index (χ4v) is 1.92. The number of hydrogen-bond donors (Lipinski definition) is 1. The molecule has 26 heavy (non-hydrogen) atoms. The third-order valence-electron chi connectivity index (χ3n) is 3.18. The minimum atomic E-state index is -1.18. The van der Waals surface area contributed by atoms with Crippen LogP contribution in [-0.4, -0.2) is 29.5 Å². The van der Waals surface area contributed by atoms with Gasteiger partial charge in [-0.2, -0.15) is 0 Å². The van der Waals surface area contributed by atoms with Crippen molar-refractivity contribution in [3.05, 3.63) is 64.5 Å². The van der Waals surface area contributed by atoms with Gasteiger partial charge in [0.2, 0.25) is 0 Å². The van der Waals surface area contributed by atoms with Crippen molar-refractivity contribution in [2.75, 3.05) is 11.9 Å². The van der Waals surface area contributed by atoms with Gasteiger partial charge in [-0.3, -0.25) is 14.9 Å². The highest BCUT2D eigenvalue weighted by atomic mass is 19.1. The number of carbonyl (C=O) groups is 2. The van der Waals surface area contributed by atoms with E-state index in [0.717, 1.165) is 0 Å². The van der Waals surface area contributed by atoms with Crippen molar-refractivity contribution >= 4 is 23.3 Å². The van der Waals surface area contributed by atoms with Gasteiger partial charge in [0, 0.05) is 17.8 Å². The van der Waals surface area contributed by atoms with Crippen molar-refractivity contribution in [1.82, 2.24) is 0 Å². The monoisotopic (exact) mass is 362 g/mol. The van der Waals surface area contributed by atoms with Crippen molar-refractivity contribution < 1.29 is 28.4 Å². The third-order valence-corrected chi connectivity index (χ3v) is 3.18. The lowest BCUT2D eigenvalue weighted by atomic mass is 10.2. The maximum atomic E-state index is 13.4. The van der Waals surface area contributed by atoms with Crippen LogP contribution in [0.1, 0.15) is 6.92 Å². The molecule has 0 aliphatic carbocycles. The molecule has 0 heterocycles. The smallest absolute Gasteiger partial charge is 0.344 e. The molecule has 0 fully saturated rings. The second-order valence-corrected chi connectivity index (χ2v) is 5.15. The largest absolute Gasteiger partial charge is 0.479 e. The normalized spacial score (nSPS) is 11.3. The highest BCUT2D eigenvalue weighted by Gasteiger charge is 2.19. The van der Waals surface area contributed by atoms with E-state index in [0.29, 0.717) is 0 Å². The number of nitro benzene ring substituents is 1. The van der Waals surface area contributed by atoms with E-state index in [9.17, 15) is 24.1 Å². The van der Waals surface area contributed by atoms with E-state index in [1.165, 1.54) is 49.4 Å². The number of nitrogens with one attached hydrogen (secondary N) is 1. The van der Waals surface area contributed by atoms with Crippen LogP contribution in [0.4, 0.5) is 15.8 Å². The molecule has 9 heteroatoms. The molecular weight excluding hydrogens is 347 g/mol. The highest BCUT2D eigenvalue weighted by molar-refractivity contribution is 5.95. The maximum Gasteiger partial charge on any atom is 0.344 e. The Bertz CT molecular complexity index is 826. The number of anilines is 1. The van der Waals surface area contributed by atoms with Crippen LogP contribution in [0, 0.1) is 15.9 Å². The minimum Gasteiger partial charge on any atom is -0.479 e. The number of esters is 1. The van der Waals surface area contributed by atoms with Crippen molar-refractivity contribution in [1.29, 1.82) is 0 Å². The maximum absolute atomic E-state index is 13.4. The van der Waals surface area contributed by atoms with E-state index in [1.807, 2.05) is 0 Å². The second kappa shape index (κ2) is 8.56. The number of amides is 1. The first-order valence-electron chi connectivity index (χ1n) is 7.49. The fourth-order valence-electron chi connectivity index (χ4n) is 1.92. The van der Waals surface area contributed by atoms with Gasteiger partial charge in [0.1, 0.15) is 0 Å². The summed E-state index contributed by atoms with van der Waals surface area (Å²) in [5, 5.41) is 13.1. The van der Waals surface area contributed by atoms with Gasteiger partial charge >= 0.3 is 5.97 Å². The highest BCUT2D eigenvalue weighted by Crippen LogP contribution is 2.18. The fraction of sp³-hybridized carbons (Fsp3) is 0.176. The van der Waals surface area contributed by atoms with Gasteiger partial charge in [0.15, 0.2) is 24.3 Å². The van der Waals surface area contributed by atoms with Crippen LogP contribution in [0.3, 0.4) is 0 Å². The Hall–Kier alpha value is -3.49. The first-order valence-corrected chi connectivity index (χ1v) is 7.49. The summed E-state index contributed by atoms with van der Waals surface area (Å²) in [6.45, 7) is 0.753. The first-order chi connectivity index (χ1) is 12.4. The Labute approximate surface area is 147 Å². The Balaban J connectivity index is 1.86. The van der Waals surface area contributed by atoms with E-state index in [2.05, 4.69) is 5.32 Å². The lowest BCUT2D eigenvalue weighted by molar-refractivity contribution is -0.384. The van der Waals surface area contributed by atoms with Crippen LogP contribution in [-0.2, 0) is 14.3 Å². The number of hydrogen-bond acceptors (Lipinski definition) is 6. The number of non-ortho nitro benzene ring substituents is 1. The summed E-state index contributed by atoms with van der Waals surface area (Å²) in [4.78, 5) is 33.8. The number of ether oxygens (including phenoxy) is 2. The van der Waals surface area contributed by atoms with Crippen molar-refractivity contribution in [3.63, 3.8) is 0 Å². The van der Waals surface area contributed by atoms with Gasteiger partial charge in [0.05, 0.1) is 4.92 Å². The number of benzene rings is 2. The van der Waals surface area contributed by atoms with Crippen LogP contribution in [0.5, 0.6) is 5.75 Å². The molecule has 2 rings (SSSR count). The van der Waals surface area contributed by atoms with E-state index < -0.39 is 35.3 Å².